The Kier molecular flexibility index (Phi) is 4.46. The Labute approximate surface area is 173 Å². The zero-order valence-electron chi connectivity index (χ0n) is 16.6. The van der Waals surface area contributed by atoms with Crippen LogP contribution in [0.3, 0.4) is 0 Å². The SMILES string of the molecule is CC(Nc1cc(NC2CC2)n2nc(C=C3CC(=O)NC3=O)cc2n1)c1ccccc1. The predicted molar refractivity (Wildman–Crippen MR) is 114 cm³/mol. The maximum atomic E-state index is 11.9. The number of anilines is 2. The molecule has 1 aliphatic heterocycles. The number of nitrogens with zero attached hydrogens (tertiary/aromatic N) is 3. The Bertz CT molecular complexity index is 1160. The number of amides is 2. The summed E-state index contributed by atoms with van der Waals surface area (Å²) in [6.45, 7) is 2.09. The molecule has 2 aromatic heterocycles. The summed E-state index contributed by atoms with van der Waals surface area (Å²) in [5.74, 6) is 0.947. The van der Waals surface area contributed by atoms with E-state index in [0.29, 0.717) is 23.0 Å². The largest absolute Gasteiger partial charge is 0.367 e. The average molecular weight is 402 g/mol. The van der Waals surface area contributed by atoms with Crippen LogP contribution in [0.2, 0.25) is 0 Å². The molecule has 0 spiro atoms. The lowest BCUT2D eigenvalue weighted by Crippen LogP contribution is -2.19. The molecule has 8 nitrogen and oxygen atoms in total. The predicted octanol–water partition coefficient (Wildman–Crippen LogP) is 2.91. The zero-order valence-corrected chi connectivity index (χ0v) is 16.6. The van der Waals surface area contributed by atoms with Gasteiger partial charge in [-0.25, -0.2) is 4.98 Å². The third-order valence-electron chi connectivity index (χ3n) is 5.26. The number of aromatic nitrogens is 3. The van der Waals surface area contributed by atoms with E-state index in [0.717, 1.165) is 24.5 Å². The van der Waals surface area contributed by atoms with Crippen molar-refractivity contribution in [3.05, 3.63) is 59.3 Å². The summed E-state index contributed by atoms with van der Waals surface area (Å²) < 4.78 is 1.75. The first-order valence-electron chi connectivity index (χ1n) is 10.1. The molecular formula is C22H22N6O2. The van der Waals surface area contributed by atoms with Gasteiger partial charge in [0.2, 0.25) is 5.91 Å². The van der Waals surface area contributed by atoms with E-state index in [9.17, 15) is 9.59 Å². The normalized spacial score (nSPS) is 18.6. The molecule has 1 aliphatic carbocycles. The molecule has 0 bridgehead atoms. The number of nitrogens with one attached hydrogen (secondary N) is 3. The number of benzene rings is 1. The second kappa shape index (κ2) is 7.29. The van der Waals surface area contributed by atoms with Crippen LogP contribution < -0.4 is 16.0 Å². The van der Waals surface area contributed by atoms with E-state index in [4.69, 9.17) is 4.98 Å². The number of imide groups is 1. The lowest BCUT2D eigenvalue weighted by molar-refractivity contribution is -0.124. The average Bonchev–Trinajstić information content (AvgIpc) is 3.36. The van der Waals surface area contributed by atoms with Crippen LogP contribution in [0, 0.1) is 0 Å². The van der Waals surface area contributed by atoms with Crippen molar-refractivity contribution < 1.29 is 9.59 Å². The van der Waals surface area contributed by atoms with Gasteiger partial charge in [0.15, 0.2) is 5.65 Å². The van der Waals surface area contributed by atoms with E-state index < -0.39 is 0 Å². The van der Waals surface area contributed by atoms with Crippen molar-refractivity contribution in [3.8, 4) is 0 Å². The smallest absolute Gasteiger partial charge is 0.254 e. The monoisotopic (exact) mass is 402 g/mol. The van der Waals surface area contributed by atoms with Crippen molar-refractivity contribution >= 4 is 35.2 Å². The summed E-state index contributed by atoms with van der Waals surface area (Å²) >= 11 is 0. The second-order valence-corrected chi connectivity index (χ2v) is 7.78. The van der Waals surface area contributed by atoms with Crippen LogP contribution in [0.1, 0.15) is 43.5 Å². The van der Waals surface area contributed by atoms with Gasteiger partial charge in [0.05, 0.1) is 12.1 Å². The van der Waals surface area contributed by atoms with Gasteiger partial charge in [0, 0.05) is 29.8 Å². The van der Waals surface area contributed by atoms with E-state index in [2.05, 4.69) is 40.1 Å². The molecule has 2 aliphatic rings. The lowest BCUT2D eigenvalue weighted by Gasteiger charge is -2.16. The second-order valence-electron chi connectivity index (χ2n) is 7.78. The van der Waals surface area contributed by atoms with E-state index in [1.807, 2.05) is 30.3 Å². The van der Waals surface area contributed by atoms with Crippen molar-refractivity contribution in [2.24, 2.45) is 0 Å². The van der Waals surface area contributed by atoms with Crippen molar-refractivity contribution in [2.75, 3.05) is 10.6 Å². The third kappa shape index (κ3) is 3.76. The Balaban J connectivity index is 1.49. The summed E-state index contributed by atoms with van der Waals surface area (Å²) in [5, 5.41) is 13.8. The maximum absolute atomic E-state index is 11.9. The number of carbonyl (C=O) groups excluding carboxylic acids is 2. The molecule has 1 unspecified atom stereocenters. The molecule has 8 heteroatoms. The molecule has 152 valence electrons. The van der Waals surface area contributed by atoms with Gasteiger partial charge in [-0.3, -0.25) is 14.9 Å². The molecule has 2 fully saturated rings. The van der Waals surface area contributed by atoms with E-state index in [-0.39, 0.29) is 24.3 Å². The Morgan fingerprint density at radius 1 is 1.20 bits per heavy atom. The molecule has 3 heterocycles. The standard InChI is InChI=1S/C22H22N6O2/c1-13(14-5-3-2-4-6-14)23-18-12-20(24-16-7-8-16)28-19(25-18)11-17(27-28)9-15-10-21(29)26-22(15)30/h2-6,9,11-13,16,24H,7-8,10H2,1H3,(H,23,25)(H,26,29,30). The van der Waals surface area contributed by atoms with Crippen LogP contribution in [0.15, 0.2) is 48.0 Å². The summed E-state index contributed by atoms with van der Waals surface area (Å²) in [6, 6.07) is 14.5. The zero-order chi connectivity index (χ0) is 20.7. The third-order valence-corrected chi connectivity index (χ3v) is 5.26. The molecule has 0 radical (unpaired) electrons. The van der Waals surface area contributed by atoms with Gasteiger partial charge in [0.25, 0.3) is 5.91 Å². The topological polar surface area (TPSA) is 100 Å². The molecule has 3 aromatic rings. The molecule has 1 saturated heterocycles. The van der Waals surface area contributed by atoms with Gasteiger partial charge < -0.3 is 10.6 Å². The molecule has 5 rings (SSSR count). The minimum Gasteiger partial charge on any atom is -0.367 e. The van der Waals surface area contributed by atoms with Crippen LogP contribution in [0.4, 0.5) is 11.6 Å². The Morgan fingerprint density at radius 3 is 2.70 bits per heavy atom. The Morgan fingerprint density at radius 2 is 2.00 bits per heavy atom. The highest BCUT2D eigenvalue weighted by atomic mass is 16.2. The van der Waals surface area contributed by atoms with E-state index in [1.165, 1.54) is 5.56 Å². The van der Waals surface area contributed by atoms with Crippen LogP contribution in [0.25, 0.3) is 11.7 Å². The molecule has 2 amide bonds. The van der Waals surface area contributed by atoms with Gasteiger partial charge >= 0.3 is 0 Å². The highest BCUT2D eigenvalue weighted by molar-refractivity contribution is 6.15. The summed E-state index contributed by atoms with van der Waals surface area (Å²) in [6.07, 6.45) is 3.99. The van der Waals surface area contributed by atoms with Crippen LogP contribution in [0.5, 0.6) is 0 Å². The number of hydrogen-bond donors (Lipinski definition) is 3. The maximum Gasteiger partial charge on any atom is 0.254 e. The lowest BCUT2D eigenvalue weighted by atomic mass is 10.1. The molecule has 1 saturated carbocycles. The first-order valence-corrected chi connectivity index (χ1v) is 10.1. The van der Waals surface area contributed by atoms with Crippen molar-refractivity contribution in [1.82, 2.24) is 19.9 Å². The fourth-order valence-electron chi connectivity index (χ4n) is 3.52. The minimum atomic E-state index is -0.361. The van der Waals surface area contributed by atoms with Crippen molar-refractivity contribution in [3.63, 3.8) is 0 Å². The van der Waals surface area contributed by atoms with Gasteiger partial charge in [-0.1, -0.05) is 30.3 Å². The summed E-state index contributed by atoms with van der Waals surface area (Å²) in [7, 11) is 0. The quantitative estimate of drug-likeness (QED) is 0.433. The molecular weight excluding hydrogens is 380 g/mol. The molecule has 1 atom stereocenters. The fourth-order valence-corrected chi connectivity index (χ4v) is 3.52. The highest BCUT2D eigenvalue weighted by Crippen LogP contribution is 2.28. The number of rotatable bonds is 6. The van der Waals surface area contributed by atoms with E-state index in [1.54, 1.807) is 10.6 Å². The van der Waals surface area contributed by atoms with Gasteiger partial charge in [-0.15, -0.1) is 0 Å². The number of carbonyl (C=O) groups is 2. The molecule has 30 heavy (non-hydrogen) atoms. The Hall–Kier alpha value is -3.68. The summed E-state index contributed by atoms with van der Waals surface area (Å²) in [4.78, 5) is 28.0. The van der Waals surface area contributed by atoms with Crippen molar-refractivity contribution in [1.29, 1.82) is 0 Å². The number of fused-ring (bicyclic) bond motifs is 1. The van der Waals surface area contributed by atoms with E-state index >= 15 is 0 Å². The van der Waals surface area contributed by atoms with Gasteiger partial charge in [0.1, 0.15) is 11.6 Å². The highest BCUT2D eigenvalue weighted by Gasteiger charge is 2.25. The van der Waals surface area contributed by atoms with Crippen molar-refractivity contribution in [2.45, 2.75) is 38.3 Å². The molecule has 1 aromatic carbocycles. The van der Waals surface area contributed by atoms with Gasteiger partial charge in [-0.2, -0.15) is 9.61 Å². The molecule has 3 N–H and O–H groups in total. The van der Waals surface area contributed by atoms with Gasteiger partial charge in [-0.05, 0) is 31.4 Å². The summed E-state index contributed by atoms with van der Waals surface area (Å²) in [5.41, 5.74) is 2.84. The first-order chi connectivity index (χ1) is 14.5. The fraction of sp³-hybridized carbons (Fsp3) is 0.273. The first kappa shape index (κ1) is 18.4. The van der Waals surface area contributed by atoms with Crippen LogP contribution in [-0.2, 0) is 9.59 Å². The van der Waals surface area contributed by atoms with Crippen LogP contribution in [-0.4, -0.2) is 32.5 Å². The minimum absolute atomic E-state index is 0.0781. The van der Waals surface area contributed by atoms with Crippen LogP contribution >= 0.6 is 0 Å². The number of hydrogen-bond acceptors (Lipinski definition) is 6.